The molecule has 0 radical (unpaired) electrons. The molecular formula is C15H13N3O2S. The van der Waals surface area contributed by atoms with E-state index in [9.17, 15) is 9.90 Å². The molecule has 21 heavy (non-hydrogen) atoms. The lowest BCUT2D eigenvalue weighted by Gasteiger charge is -2.01. The highest BCUT2D eigenvalue weighted by atomic mass is 32.1. The Kier molecular flexibility index (Phi) is 2.62. The third-order valence-electron chi connectivity index (χ3n) is 3.68. The molecule has 3 heterocycles. The second-order valence-corrected chi connectivity index (χ2v) is 6.43. The van der Waals surface area contributed by atoms with Crippen LogP contribution in [0.15, 0.2) is 24.4 Å². The van der Waals surface area contributed by atoms with Crippen molar-refractivity contribution in [3.8, 4) is 5.82 Å². The normalized spacial score (nSPS) is 14.7. The molecule has 0 atom stereocenters. The maximum absolute atomic E-state index is 11.2. The second-order valence-electron chi connectivity index (χ2n) is 5.40. The zero-order valence-corrected chi connectivity index (χ0v) is 12.2. The Balaban J connectivity index is 1.97. The quantitative estimate of drug-likeness (QED) is 0.805. The lowest BCUT2D eigenvalue weighted by molar-refractivity contribution is 0.0702. The number of carboxylic acids is 1. The lowest BCUT2D eigenvalue weighted by Crippen LogP contribution is -2.00. The number of pyridine rings is 1. The number of aryl methyl sites for hydroxylation is 1. The SMILES string of the molecule is Cc1ccnc(-n2nc(C3CC3)c3cc(C(=O)O)sc32)c1. The van der Waals surface area contributed by atoms with Crippen molar-refractivity contribution in [3.63, 3.8) is 0 Å². The molecule has 5 nitrogen and oxygen atoms in total. The Morgan fingerprint density at radius 2 is 2.24 bits per heavy atom. The van der Waals surface area contributed by atoms with Gasteiger partial charge in [-0.15, -0.1) is 11.3 Å². The van der Waals surface area contributed by atoms with Gasteiger partial charge in [-0.05, 0) is 43.5 Å². The van der Waals surface area contributed by atoms with Crippen LogP contribution in [-0.4, -0.2) is 25.8 Å². The van der Waals surface area contributed by atoms with E-state index in [0.717, 1.165) is 40.1 Å². The molecule has 3 aromatic heterocycles. The topological polar surface area (TPSA) is 68.0 Å². The Labute approximate surface area is 124 Å². The van der Waals surface area contributed by atoms with Gasteiger partial charge in [-0.2, -0.15) is 5.10 Å². The minimum Gasteiger partial charge on any atom is -0.477 e. The van der Waals surface area contributed by atoms with Gasteiger partial charge in [-0.25, -0.2) is 14.5 Å². The molecule has 0 aliphatic heterocycles. The summed E-state index contributed by atoms with van der Waals surface area (Å²) in [4.78, 5) is 16.8. The van der Waals surface area contributed by atoms with Gasteiger partial charge in [0.1, 0.15) is 9.71 Å². The van der Waals surface area contributed by atoms with Gasteiger partial charge < -0.3 is 5.11 Å². The van der Waals surface area contributed by atoms with E-state index < -0.39 is 5.97 Å². The summed E-state index contributed by atoms with van der Waals surface area (Å²) in [6.07, 6.45) is 4.01. The van der Waals surface area contributed by atoms with Crippen molar-refractivity contribution in [2.45, 2.75) is 25.7 Å². The van der Waals surface area contributed by atoms with Crippen LogP contribution >= 0.6 is 11.3 Å². The van der Waals surface area contributed by atoms with Gasteiger partial charge >= 0.3 is 5.97 Å². The fraction of sp³-hybridized carbons (Fsp3) is 0.267. The third-order valence-corrected chi connectivity index (χ3v) is 4.78. The zero-order chi connectivity index (χ0) is 14.6. The van der Waals surface area contributed by atoms with Crippen molar-refractivity contribution in [1.82, 2.24) is 14.8 Å². The van der Waals surface area contributed by atoms with Crippen molar-refractivity contribution in [2.24, 2.45) is 0 Å². The van der Waals surface area contributed by atoms with Crippen molar-refractivity contribution >= 4 is 27.5 Å². The predicted octanol–water partition coefficient (Wildman–Crippen LogP) is 3.37. The summed E-state index contributed by atoms with van der Waals surface area (Å²) in [5.41, 5.74) is 2.11. The maximum atomic E-state index is 11.2. The number of aromatic carboxylic acids is 1. The predicted molar refractivity (Wildman–Crippen MR) is 80.4 cm³/mol. The molecule has 0 saturated heterocycles. The van der Waals surface area contributed by atoms with E-state index in [1.807, 2.05) is 19.1 Å². The van der Waals surface area contributed by atoms with Crippen molar-refractivity contribution in [1.29, 1.82) is 0 Å². The summed E-state index contributed by atoms with van der Waals surface area (Å²) in [6.45, 7) is 2.00. The maximum Gasteiger partial charge on any atom is 0.345 e. The number of rotatable bonds is 3. The molecule has 106 valence electrons. The summed E-state index contributed by atoms with van der Waals surface area (Å²) in [5, 5.41) is 14.9. The van der Waals surface area contributed by atoms with Crippen LogP contribution in [0.25, 0.3) is 16.0 Å². The van der Waals surface area contributed by atoms with Gasteiger partial charge in [0.25, 0.3) is 0 Å². The van der Waals surface area contributed by atoms with Gasteiger partial charge in [-0.1, -0.05) is 0 Å². The van der Waals surface area contributed by atoms with E-state index in [2.05, 4.69) is 4.98 Å². The Morgan fingerprint density at radius 3 is 2.90 bits per heavy atom. The van der Waals surface area contributed by atoms with Gasteiger partial charge in [0.15, 0.2) is 5.82 Å². The minimum absolute atomic E-state index is 0.353. The molecule has 1 fully saturated rings. The molecule has 6 heteroatoms. The number of fused-ring (bicyclic) bond motifs is 1. The molecule has 1 N–H and O–H groups in total. The fourth-order valence-corrected chi connectivity index (χ4v) is 3.45. The summed E-state index contributed by atoms with van der Waals surface area (Å²) >= 11 is 1.26. The first-order valence-corrected chi connectivity index (χ1v) is 7.64. The Bertz CT molecular complexity index is 861. The third kappa shape index (κ3) is 2.03. The smallest absolute Gasteiger partial charge is 0.345 e. The molecule has 0 amide bonds. The summed E-state index contributed by atoms with van der Waals surface area (Å²) in [6, 6.07) is 5.64. The van der Waals surface area contributed by atoms with Gasteiger partial charge in [0.05, 0.1) is 5.69 Å². The van der Waals surface area contributed by atoms with Gasteiger partial charge in [0.2, 0.25) is 0 Å². The lowest BCUT2D eigenvalue weighted by atomic mass is 10.2. The van der Waals surface area contributed by atoms with E-state index in [-0.39, 0.29) is 0 Å². The van der Waals surface area contributed by atoms with Crippen LogP contribution in [0.1, 0.15) is 39.7 Å². The van der Waals surface area contributed by atoms with E-state index >= 15 is 0 Å². The van der Waals surface area contributed by atoms with E-state index in [0.29, 0.717) is 10.8 Å². The Morgan fingerprint density at radius 1 is 1.43 bits per heavy atom. The van der Waals surface area contributed by atoms with E-state index in [1.165, 1.54) is 11.3 Å². The van der Waals surface area contributed by atoms with Gasteiger partial charge in [0, 0.05) is 17.5 Å². The molecule has 0 aromatic carbocycles. The van der Waals surface area contributed by atoms with Crippen LogP contribution in [0.5, 0.6) is 0 Å². The molecule has 1 aliphatic rings. The minimum atomic E-state index is -0.887. The number of carbonyl (C=O) groups is 1. The van der Waals surface area contributed by atoms with Gasteiger partial charge in [-0.3, -0.25) is 0 Å². The average Bonchev–Trinajstić information content (AvgIpc) is 3.08. The largest absolute Gasteiger partial charge is 0.477 e. The molecule has 0 bridgehead atoms. The molecular weight excluding hydrogens is 286 g/mol. The number of thiophene rings is 1. The molecule has 0 spiro atoms. The Hall–Kier alpha value is -2.21. The van der Waals surface area contributed by atoms with E-state index in [1.54, 1.807) is 16.9 Å². The van der Waals surface area contributed by atoms with Crippen LogP contribution < -0.4 is 0 Å². The van der Waals surface area contributed by atoms with Crippen molar-refractivity contribution in [3.05, 3.63) is 40.5 Å². The molecule has 4 rings (SSSR count). The summed E-state index contributed by atoms with van der Waals surface area (Å²) in [7, 11) is 0. The molecule has 1 saturated carbocycles. The van der Waals surface area contributed by atoms with Crippen LogP contribution in [-0.2, 0) is 0 Å². The van der Waals surface area contributed by atoms with Crippen LogP contribution in [0.2, 0.25) is 0 Å². The average molecular weight is 299 g/mol. The summed E-state index contributed by atoms with van der Waals surface area (Å²) in [5.74, 6) is 0.321. The highest BCUT2D eigenvalue weighted by molar-refractivity contribution is 7.20. The summed E-state index contributed by atoms with van der Waals surface area (Å²) < 4.78 is 1.78. The number of hydrogen-bond acceptors (Lipinski definition) is 4. The van der Waals surface area contributed by atoms with E-state index in [4.69, 9.17) is 5.10 Å². The highest BCUT2D eigenvalue weighted by Gasteiger charge is 2.31. The second kappa shape index (κ2) is 4.39. The fourth-order valence-electron chi connectivity index (χ4n) is 2.48. The number of carboxylic acid groups (broad SMARTS) is 1. The van der Waals surface area contributed by atoms with Crippen molar-refractivity contribution in [2.75, 3.05) is 0 Å². The van der Waals surface area contributed by atoms with Crippen LogP contribution in [0, 0.1) is 6.92 Å². The van der Waals surface area contributed by atoms with Crippen molar-refractivity contribution < 1.29 is 9.90 Å². The number of hydrogen-bond donors (Lipinski definition) is 1. The molecule has 3 aromatic rings. The number of nitrogens with zero attached hydrogens (tertiary/aromatic N) is 3. The highest BCUT2D eigenvalue weighted by Crippen LogP contribution is 2.44. The van der Waals surface area contributed by atoms with Crippen LogP contribution in [0.3, 0.4) is 0 Å². The van der Waals surface area contributed by atoms with Crippen LogP contribution in [0.4, 0.5) is 0 Å². The standard InChI is InChI=1S/C15H13N3O2S/c1-8-4-5-16-12(6-8)18-14-10(7-11(21-14)15(19)20)13(17-18)9-2-3-9/h4-7,9H,2-3H2,1H3,(H,19,20). The first-order valence-electron chi connectivity index (χ1n) is 6.82. The molecule has 1 aliphatic carbocycles. The molecule has 0 unspecified atom stereocenters. The first kappa shape index (κ1) is 12.5. The zero-order valence-electron chi connectivity index (χ0n) is 11.4. The monoisotopic (exact) mass is 299 g/mol. The number of aromatic nitrogens is 3. The first-order chi connectivity index (χ1) is 10.1.